The van der Waals surface area contributed by atoms with Crippen LogP contribution in [0.1, 0.15) is 17.0 Å². The Kier molecular flexibility index (Phi) is 1.17. The molecule has 2 nitrogen and oxygen atoms in total. The van der Waals surface area contributed by atoms with Gasteiger partial charge < -0.3 is 5.11 Å². The average molecular weight is 174 g/mol. The van der Waals surface area contributed by atoms with E-state index in [-0.39, 0.29) is 5.92 Å². The van der Waals surface area contributed by atoms with Crippen LogP contribution in [0.4, 0.5) is 0 Å². The smallest absolute Gasteiger partial charge is 0.307 e. The first kappa shape index (κ1) is 7.13. The Balaban J connectivity index is 1.99. The summed E-state index contributed by atoms with van der Waals surface area (Å²) < 4.78 is 0. The van der Waals surface area contributed by atoms with E-state index < -0.39 is 5.97 Å². The summed E-state index contributed by atoms with van der Waals surface area (Å²) in [5, 5.41) is 8.88. The van der Waals surface area contributed by atoms with Gasteiger partial charge in [-0.2, -0.15) is 0 Å². The fourth-order valence-corrected chi connectivity index (χ4v) is 2.69. The van der Waals surface area contributed by atoms with Crippen molar-refractivity contribution in [2.45, 2.75) is 12.3 Å². The van der Waals surface area contributed by atoms with E-state index in [1.54, 1.807) is 0 Å². The van der Waals surface area contributed by atoms with Crippen LogP contribution in [0, 0.1) is 11.8 Å². The summed E-state index contributed by atoms with van der Waals surface area (Å²) in [5.41, 5.74) is 2.63. The van der Waals surface area contributed by atoms with Gasteiger partial charge >= 0.3 is 5.97 Å². The van der Waals surface area contributed by atoms with Gasteiger partial charge in [0.2, 0.25) is 0 Å². The lowest BCUT2D eigenvalue weighted by molar-refractivity contribution is -0.139. The molecule has 0 amide bonds. The number of carboxylic acid groups (broad SMARTS) is 1. The van der Waals surface area contributed by atoms with E-state index in [4.69, 9.17) is 5.11 Å². The molecule has 1 aromatic carbocycles. The first-order valence-corrected chi connectivity index (χ1v) is 4.59. The van der Waals surface area contributed by atoms with Crippen molar-refractivity contribution in [2.24, 2.45) is 11.8 Å². The molecule has 0 saturated heterocycles. The van der Waals surface area contributed by atoms with Gasteiger partial charge in [-0.1, -0.05) is 24.3 Å². The fraction of sp³-hybridized carbons (Fsp3) is 0.364. The fourth-order valence-electron chi connectivity index (χ4n) is 2.69. The molecule has 0 spiro atoms. The highest BCUT2D eigenvalue weighted by Gasteiger charge is 2.59. The average Bonchev–Trinajstić information content (AvgIpc) is 2.71. The molecular weight excluding hydrogens is 164 g/mol. The lowest BCUT2D eigenvalue weighted by Gasteiger charge is -2.03. The number of hydrogen-bond donors (Lipinski definition) is 1. The van der Waals surface area contributed by atoms with Crippen molar-refractivity contribution < 1.29 is 9.90 Å². The molecule has 0 heterocycles. The van der Waals surface area contributed by atoms with Crippen molar-refractivity contribution in [3.63, 3.8) is 0 Å². The molecule has 66 valence electrons. The molecule has 2 aliphatic carbocycles. The maximum atomic E-state index is 10.8. The van der Waals surface area contributed by atoms with Crippen LogP contribution in [-0.2, 0) is 11.2 Å². The third kappa shape index (κ3) is 0.804. The van der Waals surface area contributed by atoms with Crippen LogP contribution in [0.5, 0.6) is 0 Å². The zero-order valence-corrected chi connectivity index (χ0v) is 7.10. The van der Waals surface area contributed by atoms with Gasteiger partial charge in [-0.05, 0) is 23.5 Å². The molecule has 1 saturated carbocycles. The normalized spacial score (nSPS) is 33.7. The summed E-state index contributed by atoms with van der Waals surface area (Å²) in [5.74, 6) is 0.0167. The van der Waals surface area contributed by atoms with Crippen LogP contribution >= 0.6 is 0 Å². The first-order chi connectivity index (χ1) is 6.29. The van der Waals surface area contributed by atoms with Crippen LogP contribution in [0.15, 0.2) is 24.3 Å². The number of fused-ring (bicyclic) bond motifs is 3. The molecule has 0 aromatic heterocycles. The second-order valence-electron chi connectivity index (χ2n) is 3.96. The maximum Gasteiger partial charge on any atom is 0.307 e. The van der Waals surface area contributed by atoms with Crippen LogP contribution in [0.2, 0.25) is 0 Å². The minimum atomic E-state index is -0.621. The van der Waals surface area contributed by atoms with Crippen LogP contribution in [0.3, 0.4) is 0 Å². The predicted molar refractivity (Wildman–Crippen MR) is 47.5 cm³/mol. The van der Waals surface area contributed by atoms with Gasteiger partial charge in [-0.25, -0.2) is 0 Å². The molecule has 2 aliphatic rings. The Morgan fingerprint density at radius 3 is 2.92 bits per heavy atom. The molecule has 0 aliphatic heterocycles. The molecule has 1 fully saturated rings. The zero-order chi connectivity index (χ0) is 9.00. The SMILES string of the molecule is O=C(O)[C@@H]1[C@H]2Cc3ccccc3[C@@H]21. The highest BCUT2D eigenvalue weighted by Crippen LogP contribution is 2.61. The minimum Gasteiger partial charge on any atom is -0.481 e. The van der Waals surface area contributed by atoms with E-state index in [2.05, 4.69) is 12.1 Å². The van der Waals surface area contributed by atoms with Crippen molar-refractivity contribution in [3.05, 3.63) is 35.4 Å². The van der Waals surface area contributed by atoms with Crippen LogP contribution < -0.4 is 0 Å². The van der Waals surface area contributed by atoms with Crippen molar-refractivity contribution in [3.8, 4) is 0 Å². The number of hydrogen-bond acceptors (Lipinski definition) is 1. The minimum absolute atomic E-state index is 0.0881. The molecule has 3 atom stereocenters. The molecule has 3 rings (SSSR count). The van der Waals surface area contributed by atoms with E-state index in [9.17, 15) is 4.79 Å². The number of carbonyl (C=O) groups is 1. The lowest BCUT2D eigenvalue weighted by atomic mass is 10.0. The number of rotatable bonds is 1. The Hall–Kier alpha value is -1.31. The molecule has 0 bridgehead atoms. The van der Waals surface area contributed by atoms with Crippen molar-refractivity contribution in [1.82, 2.24) is 0 Å². The molecule has 1 N–H and O–H groups in total. The van der Waals surface area contributed by atoms with E-state index >= 15 is 0 Å². The van der Waals surface area contributed by atoms with Crippen LogP contribution in [0.25, 0.3) is 0 Å². The number of aliphatic carboxylic acids is 1. The second-order valence-corrected chi connectivity index (χ2v) is 3.96. The third-order valence-corrected chi connectivity index (χ3v) is 3.32. The van der Waals surface area contributed by atoms with Crippen molar-refractivity contribution >= 4 is 5.97 Å². The summed E-state index contributed by atoms with van der Waals surface area (Å²) in [6.45, 7) is 0. The van der Waals surface area contributed by atoms with E-state index in [1.165, 1.54) is 11.1 Å². The lowest BCUT2D eigenvalue weighted by Crippen LogP contribution is -2.04. The predicted octanol–water partition coefficient (Wildman–Crippen LogP) is 1.66. The maximum absolute atomic E-state index is 10.8. The monoisotopic (exact) mass is 174 g/mol. The Labute approximate surface area is 76.2 Å². The summed E-state index contributed by atoms with van der Waals surface area (Å²) in [7, 11) is 0. The van der Waals surface area contributed by atoms with E-state index in [0.717, 1.165) is 6.42 Å². The molecule has 2 heteroatoms. The van der Waals surface area contributed by atoms with Gasteiger partial charge in [0.25, 0.3) is 0 Å². The number of benzene rings is 1. The van der Waals surface area contributed by atoms with Gasteiger partial charge in [0.05, 0.1) is 5.92 Å². The quantitative estimate of drug-likeness (QED) is 0.703. The highest BCUT2D eigenvalue weighted by molar-refractivity contribution is 5.77. The Morgan fingerprint density at radius 2 is 2.15 bits per heavy atom. The molecular formula is C11H10O2. The van der Waals surface area contributed by atoms with Crippen molar-refractivity contribution in [1.29, 1.82) is 0 Å². The van der Waals surface area contributed by atoms with E-state index in [0.29, 0.717) is 11.8 Å². The van der Waals surface area contributed by atoms with E-state index in [1.807, 2.05) is 12.1 Å². The second kappa shape index (κ2) is 2.13. The largest absolute Gasteiger partial charge is 0.481 e. The van der Waals surface area contributed by atoms with Crippen molar-refractivity contribution in [2.75, 3.05) is 0 Å². The first-order valence-electron chi connectivity index (χ1n) is 4.59. The summed E-state index contributed by atoms with van der Waals surface area (Å²) >= 11 is 0. The number of carboxylic acids is 1. The Morgan fingerprint density at radius 1 is 1.38 bits per heavy atom. The highest BCUT2D eigenvalue weighted by atomic mass is 16.4. The summed E-state index contributed by atoms with van der Waals surface area (Å²) in [4.78, 5) is 10.8. The standard InChI is InChI=1S/C11H10O2/c12-11(13)10-8-5-6-3-1-2-4-7(6)9(8)10/h1-4,8-10H,5H2,(H,12,13)/t8-,9-,10+/m0/s1. The summed E-state index contributed by atoms with van der Waals surface area (Å²) in [6.07, 6.45) is 0.970. The Bertz CT molecular complexity index is 383. The summed E-state index contributed by atoms with van der Waals surface area (Å²) in [6, 6.07) is 8.21. The van der Waals surface area contributed by atoms with Gasteiger partial charge in [0, 0.05) is 5.92 Å². The molecule has 1 aromatic rings. The topological polar surface area (TPSA) is 37.3 Å². The zero-order valence-electron chi connectivity index (χ0n) is 7.10. The molecule has 0 radical (unpaired) electrons. The van der Waals surface area contributed by atoms with Crippen LogP contribution in [-0.4, -0.2) is 11.1 Å². The molecule has 13 heavy (non-hydrogen) atoms. The van der Waals surface area contributed by atoms with Gasteiger partial charge in [0.1, 0.15) is 0 Å². The molecule has 0 unspecified atom stereocenters. The third-order valence-electron chi connectivity index (χ3n) is 3.32. The van der Waals surface area contributed by atoms with Gasteiger partial charge in [0.15, 0.2) is 0 Å². The van der Waals surface area contributed by atoms with Gasteiger partial charge in [-0.3, -0.25) is 4.79 Å². The van der Waals surface area contributed by atoms with Gasteiger partial charge in [-0.15, -0.1) is 0 Å².